The Morgan fingerprint density at radius 3 is 2.50 bits per heavy atom. The average Bonchev–Trinajstić information content (AvgIpc) is 2.83. The van der Waals surface area contributed by atoms with Gasteiger partial charge >= 0.3 is 5.97 Å². The Balaban J connectivity index is 1.75. The van der Waals surface area contributed by atoms with Crippen molar-refractivity contribution in [2.24, 2.45) is 0 Å². The van der Waals surface area contributed by atoms with E-state index in [0.717, 1.165) is 22.6 Å². The molecule has 34 heavy (non-hydrogen) atoms. The third-order valence-electron chi connectivity index (χ3n) is 6.35. The van der Waals surface area contributed by atoms with Crippen LogP contribution in [0.3, 0.4) is 0 Å². The molecule has 0 radical (unpaired) electrons. The van der Waals surface area contributed by atoms with E-state index in [4.69, 9.17) is 25.8 Å². The van der Waals surface area contributed by atoms with Crippen LogP contribution in [0.2, 0.25) is 5.02 Å². The average molecular weight is 482 g/mol. The van der Waals surface area contributed by atoms with Crippen molar-refractivity contribution >= 4 is 23.4 Å². The van der Waals surface area contributed by atoms with Crippen LogP contribution in [-0.4, -0.2) is 39.2 Å². The van der Waals surface area contributed by atoms with Gasteiger partial charge in [-0.1, -0.05) is 41.9 Å². The Hall–Kier alpha value is -3.09. The molecule has 2 atom stereocenters. The van der Waals surface area contributed by atoms with Gasteiger partial charge in [-0.2, -0.15) is 0 Å². The van der Waals surface area contributed by atoms with Gasteiger partial charge in [-0.25, -0.2) is 4.79 Å². The molecule has 1 aliphatic carbocycles. The lowest BCUT2D eigenvalue weighted by atomic mass is 9.71. The van der Waals surface area contributed by atoms with E-state index in [2.05, 4.69) is 5.32 Å². The van der Waals surface area contributed by atoms with Crippen molar-refractivity contribution in [1.82, 2.24) is 5.32 Å². The second-order valence-electron chi connectivity index (χ2n) is 8.44. The van der Waals surface area contributed by atoms with E-state index in [1.807, 2.05) is 43.3 Å². The summed E-state index contributed by atoms with van der Waals surface area (Å²) in [6, 6.07) is 15.0. The zero-order valence-electron chi connectivity index (χ0n) is 19.5. The Morgan fingerprint density at radius 2 is 1.79 bits per heavy atom. The molecule has 0 bridgehead atoms. The molecule has 0 fully saturated rings. The van der Waals surface area contributed by atoms with E-state index in [1.54, 1.807) is 26.4 Å². The minimum atomic E-state index is -0.533. The van der Waals surface area contributed by atoms with Gasteiger partial charge in [0.1, 0.15) is 12.4 Å². The van der Waals surface area contributed by atoms with Crippen LogP contribution in [0.25, 0.3) is 0 Å². The SMILES string of the molecule is COCCOC(=O)C1=C(C)NC2=C(C(=O)C[C@@H](c3ccccc3OC)C2)[C@@H]1c1ccc(Cl)cc1. The molecule has 1 aliphatic heterocycles. The molecule has 4 rings (SSSR count). The molecule has 0 saturated heterocycles. The number of halogens is 1. The lowest BCUT2D eigenvalue weighted by Gasteiger charge is -2.37. The second-order valence-corrected chi connectivity index (χ2v) is 8.88. The topological polar surface area (TPSA) is 73.9 Å². The number of benzene rings is 2. The molecule has 0 unspecified atom stereocenters. The molecule has 0 aromatic heterocycles. The number of hydrogen-bond acceptors (Lipinski definition) is 6. The van der Waals surface area contributed by atoms with Crippen LogP contribution in [0.4, 0.5) is 0 Å². The second kappa shape index (κ2) is 10.5. The van der Waals surface area contributed by atoms with Crippen LogP contribution < -0.4 is 10.1 Å². The van der Waals surface area contributed by atoms with Gasteiger partial charge in [-0.3, -0.25) is 4.79 Å². The highest BCUT2D eigenvalue weighted by molar-refractivity contribution is 6.30. The maximum absolute atomic E-state index is 13.6. The zero-order chi connectivity index (χ0) is 24.2. The quantitative estimate of drug-likeness (QED) is 0.448. The van der Waals surface area contributed by atoms with Gasteiger partial charge in [0.15, 0.2) is 5.78 Å². The monoisotopic (exact) mass is 481 g/mol. The van der Waals surface area contributed by atoms with Crippen molar-refractivity contribution < 1.29 is 23.8 Å². The van der Waals surface area contributed by atoms with E-state index in [1.165, 1.54) is 0 Å². The summed E-state index contributed by atoms with van der Waals surface area (Å²) in [6.07, 6.45) is 0.963. The number of para-hydroxylation sites is 1. The number of carbonyl (C=O) groups is 2. The van der Waals surface area contributed by atoms with Crippen LogP contribution in [-0.2, 0) is 19.1 Å². The highest BCUT2D eigenvalue weighted by atomic mass is 35.5. The third-order valence-corrected chi connectivity index (χ3v) is 6.60. The number of allylic oxidation sites excluding steroid dienone is 3. The molecule has 0 spiro atoms. The zero-order valence-corrected chi connectivity index (χ0v) is 20.3. The predicted molar refractivity (Wildman–Crippen MR) is 130 cm³/mol. The van der Waals surface area contributed by atoms with Crippen LogP contribution in [0.15, 0.2) is 71.1 Å². The molecule has 0 amide bonds. The number of ether oxygens (including phenoxy) is 3. The number of methoxy groups -OCH3 is 2. The first-order valence-corrected chi connectivity index (χ1v) is 11.6. The van der Waals surface area contributed by atoms with E-state index in [0.29, 0.717) is 41.3 Å². The molecule has 2 aliphatic rings. The van der Waals surface area contributed by atoms with Crippen molar-refractivity contribution in [2.75, 3.05) is 27.4 Å². The Kier molecular flexibility index (Phi) is 7.39. The summed E-state index contributed by atoms with van der Waals surface area (Å²) in [4.78, 5) is 26.8. The summed E-state index contributed by atoms with van der Waals surface area (Å²) >= 11 is 6.12. The largest absolute Gasteiger partial charge is 0.496 e. The van der Waals surface area contributed by atoms with Gasteiger partial charge in [-0.05, 0) is 42.7 Å². The highest BCUT2D eigenvalue weighted by Gasteiger charge is 2.41. The van der Waals surface area contributed by atoms with Crippen molar-refractivity contribution in [1.29, 1.82) is 0 Å². The fourth-order valence-electron chi connectivity index (χ4n) is 4.82. The number of dihydropyridines is 1. The number of nitrogens with one attached hydrogen (secondary N) is 1. The lowest BCUT2D eigenvalue weighted by molar-refractivity contribution is -0.140. The summed E-state index contributed by atoms with van der Waals surface area (Å²) in [5, 5.41) is 3.94. The van der Waals surface area contributed by atoms with Gasteiger partial charge in [0.25, 0.3) is 0 Å². The summed E-state index contributed by atoms with van der Waals surface area (Å²) in [5.74, 6) is -0.255. The number of Topliss-reactive ketones (excluding diaryl/α,β-unsaturated/α-hetero) is 1. The van der Waals surface area contributed by atoms with E-state index in [-0.39, 0.29) is 18.3 Å². The van der Waals surface area contributed by atoms with E-state index in [9.17, 15) is 9.59 Å². The third kappa shape index (κ3) is 4.74. The molecule has 2 aromatic rings. The Morgan fingerprint density at radius 1 is 1.06 bits per heavy atom. The Bertz CT molecular complexity index is 1150. The molecule has 2 aromatic carbocycles. The van der Waals surface area contributed by atoms with Crippen molar-refractivity contribution in [3.05, 3.63) is 87.2 Å². The number of ketones is 1. The number of esters is 1. The maximum Gasteiger partial charge on any atom is 0.336 e. The standard InChI is InChI=1S/C27H28ClNO5/c1-16-24(27(31)34-13-12-32-2)25(17-8-10-19(28)11-9-17)26-21(29-16)14-18(15-22(26)30)20-6-4-5-7-23(20)33-3/h4-11,18,25,29H,12-15H2,1-3H3/t18-,25+/m0/s1. The van der Waals surface area contributed by atoms with Crippen LogP contribution in [0, 0.1) is 0 Å². The molecule has 0 saturated carbocycles. The van der Waals surface area contributed by atoms with Gasteiger partial charge in [0.05, 0.1) is 19.3 Å². The minimum Gasteiger partial charge on any atom is -0.496 e. The normalized spacial score (nSPS) is 20.1. The Labute approximate surface area is 204 Å². The number of carbonyl (C=O) groups excluding carboxylic acids is 2. The fourth-order valence-corrected chi connectivity index (χ4v) is 4.94. The van der Waals surface area contributed by atoms with Crippen LogP contribution >= 0.6 is 11.6 Å². The van der Waals surface area contributed by atoms with Crippen LogP contribution in [0.1, 0.15) is 42.7 Å². The first-order chi connectivity index (χ1) is 16.4. The molecular formula is C27H28ClNO5. The van der Waals surface area contributed by atoms with Gasteiger partial charge < -0.3 is 19.5 Å². The number of rotatable bonds is 7. The maximum atomic E-state index is 13.6. The number of hydrogen-bond donors (Lipinski definition) is 1. The molecule has 6 nitrogen and oxygen atoms in total. The lowest BCUT2D eigenvalue weighted by Crippen LogP contribution is -2.36. The van der Waals surface area contributed by atoms with Crippen molar-refractivity contribution in [2.45, 2.75) is 31.6 Å². The molecule has 1 heterocycles. The molecular weight excluding hydrogens is 454 g/mol. The van der Waals surface area contributed by atoms with Gasteiger partial charge in [0.2, 0.25) is 0 Å². The smallest absolute Gasteiger partial charge is 0.336 e. The van der Waals surface area contributed by atoms with Crippen molar-refractivity contribution in [3.8, 4) is 5.75 Å². The summed E-state index contributed by atoms with van der Waals surface area (Å²) in [7, 11) is 3.19. The van der Waals surface area contributed by atoms with E-state index < -0.39 is 11.9 Å². The first kappa shape index (κ1) is 24.0. The molecule has 7 heteroatoms. The van der Waals surface area contributed by atoms with E-state index >= 15 is 0 Å². The summed E-state index contributed by atoms with van der Waals surface area (Å²) in [6.45, 7) is 2.27. The minimum absolute atomic E-state index is 0.000650. The van der Waals surface area contributed by atoms with Gasteiger partial charge in [-0.15, -0.1) is 0 Å². The fraction of sp³-hybridized carbons (Fsp3) is 0.333. The van der Waals surface area contributed by atoms with Gasteiger partial charge in [0, 0.05) is 47.4 Å². The highest BCUT2D eigenvalue weighted by Crippen LogP contribution is 2.47. The molecule has 178 valence electrons. The molecule has 1 N–H and O–H groups in total. The summed E-state index contributed by atoms with van der Waals surface area (Å²) < 4.78 is 16.0. The van der Waals surface area contributed by atoms with Crippen LogP contribution in [0.5, 0.6) is 5.75 Å². The predicted octanol–water partition coefficient (Wildman–Crippen LogP) is 4.90. The summed E-state index contributed by atoms with van der Waals surface area (Å²) in [5.41, 5.74) is 4.37. The first-order valence-electron chi connectivity index (χ1n) is 11.2. The van der Waals surface area contributed by atoms with Crippen molar-refractivity contribution in [3.63, 3.8) is 0 Å².